The Morgan fingerprint density at radius 1 is 1.25 bits per heavy atom. The van der Waals surface area contributed by atoms with E-state index in [9.17, 15) is 14.4 Å². The van der Waals surface area contributed by atoms with Gasteiger partial charge in [0.15, 0.2) is 0 Å². The summed E-state index contributed by atoms with van der Waals surface area (Å²) in [6.07, 6.45) is 0.677. The van der Waals surface area contributed by atoms with Crippen LogP contribution in [0.2, 0.25) is 0 Å². The molecular formula is C17H22N4O3. The van der Waals surface area contributed by atoms with Crippen LogP contribution in [0.25, 0.3) is 0 Å². The molecule has 1 aliphatic heterocycles. The van der Waals surface area contributed by atoms with Crippen LogP contribution in [0.15, 0.2) is 35.4 Å². The highest BCUT2D eigenvalue weighted by Gasteiger charge is 2.43. The Hall–Kier alpha value is -2.70. The quantitative estimate of drug-likeness (QED) is 0.472. The number of benzene rings is 1. The molecule has 0 aliphatic carbocycles. The summed E-state index contributed by atoms with van der Waals surface area (Å²) >= 11 is 0. The molecule has 7 heteroatoms. The van der Waals surface area contributed by atoms with Gasteiger partial charge in [0.2, 0.25) is 5.91 Å². The third-order valence-corrected chi connectivity index (χ3v) is 3.76. The summed E-state index contributed by atoms with van der Waals surface area (Å²) in [5, 5.41) is 6.71. The standard InChI is InChI=1S/C17H22N4O3/c1-4-13(12-8-6-5-7-9-12)19-20-14(22)10-11-21-15(23)17(2,3)18-16(21)24/h5-9H,4,10-11H2,1-3H3,(H,18,24)(H,20,22)/b19-13-. The molecule has 1 aromatic rings. The molecule has 1 aromatic carbocycles. The maximum atomic E-state index is 12.0. The van der Waals surface area contributed by atoms with E-state index in [0.717, 1.165) is 16.2 Å². The van der Waals surface area contributed by atoms with Crippen LogP contribution in [-0.2, 0) is 9.59 Å². The molecule has 1 aliphatic rings. The first-order chi connectivity index (χ1) is 11.3. The van der Waals surface area contributed by atoms with Crippen LogP contribution in [0.5, 0.6) is 0 Å². The molecule has 4 amide bonds. The summed E-state index contributed by atoms with van der Waals surface area (Å²) in [7, 11) is 0. The molecule has 0 unspecified atom stereocenters. The molecule has 1 heterocycles. The number of urea groups is 1. The Morgan fingerprint density at radius 2 is 1.92 bits per heavy atom. The molecule has 0 spiro atoms. The van der Waals surface area contributed by atoms with E-state index in [0.29, 0.717) is 6.42 Å². The number of amides is 4. The van der Waals surface area contributed by atoms with Gasteiger partial charge in [-0.2, -0.15) is 5.10 Å². The number of hydrazone groups is 1. The maximum Gasteiger partial charge on any atom is 0.325 e. The summed E-state index contributed by atoms with van der Waals surface area (Å²) in [5.41, 5.74) is 3.27. The lowest BCUT2D eigenvalue weighted by Gasteiger charge is -2.15. The van der Waals surface area contributed by atoms with Crippen LogP contribution >= 0.6 is 0 Å². The lowest BCUT2D eigenvalue weighted by atomic mass is 10.1. The number of hydrogen-bond donors (Lipinski definition) is 2. The first-order valence-corrected chi connectivity index (χ1v) is 7.90. The predicted molar refractivity (Wildman–Crippen MR) is 90.4 cm³/mol. The van der Waals surface area contributed by atoms with Crippen LogP contribution in [0.4, 0.5) is 4.79 Å². The molecule has 0 saturated carbocycles. The van der Waals surface area contributed by atoms with E-state index in [4.69, 9.17) is 0 Å². The number of rotatable bonds is 6. The van der Waals surface area contributed by atoms with Gasteiger partial charge < -0.3 is 5.32 Å². The highest BCUT2D eigenvalue weighted by molar-refractivity contribution is 6.06. The minimum atomic E-state index is -0.922. The van der Waals surface area contributed by atoms with Crippen molar-refractivity contribution in [1.82, 2.24) is 15.6 Å². The lowest BCUT2D eigenvalue weighted by Crippen LogP contribution is -2.40. The average Bonchev–Trinajstić information content (AvgIpc) is 2.75. The summed E-state index contributed by atoms with van der Waals surface area (Å²) < 4.78 is 0. The zero-order valence-corrected chi connectivity index (χ0v) is 14.1. The molecular weight excluding hydrogens is 308 g/mol. The van der Waals surface area contributed by atoms with Gasteiger partial charge in [0.1, 0.15) is 5.54 Å². The van der Waals surface area contributed by atoms with E-state index in [1.165, 1.54) is 0 Å². The number of carbonyl (C=O) groups is 3. The van der Waals surface area contributed by atoms with Crippen molar-refractivity contribution in [3.8, 4) is 0 Å². The Bertz CT molecular complexity index is 668. The number of nitrogens with one attached hydrogen (secondary N) is 2. The van der Waals surface area contributed by atoms with E-state index < -0.39 is 11.6 Å². The van der Waals surface area contributed by atoms with Crippen molar-refractivity contribution >= 4 is 23.6 Å². The van der Waals surface area contributed by atoms with Crippen molar-refractivity contribution < 1.29 is 14.4 Å². The summed E-state index contributed by atoms with van der Waals surface area (Å²) in [6.45, 7) is 5.24. The Balaban J connectivity index is 1.91. The second-order valence-electron chi connectivity index (χ2n) is 6.07. The molecule has 0 radical (unpaired) electrons. The monoisotopic (exact) mass is 330 g/mol. The first-order valence-electron chi connectivity index (χ1n) is 7.90. The van der Waals surface area contributed by atoms with Gasteiger partial charge in [-0.3, -0.25) is 14.5 Å². The minimum Gasteiger partial charge on any atom is -0.324 e. The molecule has 128 valence electrons. The van der Waals surface area contributed by atoms with Gasteiger partial charge >= 0.3 is 6.03 Å². The van der Waals surface area contributed by atoms with Crippen LogP contribution in [-0.4, -0.2) is 40.5 Å². The van der Waals surface area contributed by atoms with E-state index >= 15 is 0 Å². The number of imide groups is 1. The lowest BCUT2D eigenvalue weighted by molar-refractivity contribution is -0.130. The van der Waals surface area contributed by atoms with Gasteiger partial charge in [-0.05, 0) is 25.8 Å². The van der Waals surface area contributed by atoms with Crippen molar-refractivity contribution in [2.45, 2.75) is 39.2 Å². The summed E-state index contributed by atoms with van der Waals surface area (Å²) in [4.78, 5) is 36.8. The zero-order chi connectivity index (χ0) is 17.7. The molecule has 2 N–H and O–H groups in total. The highest BCUT2D eigenvalue weighted by Crippen LogP contribution is 2.16. The zero-order valence-electron chi connectivity index (χ0n) is 14.1. The van der Waals surface area contributed by atoms with Crippen molar-refractivity contribution in [3.05, 3.63) is 35.9 Å². The Labute approximate surface area is 141 Å². The van der Waals surface area contributed by atoms with Gasteiger partial charge in [-0.25, -0.2) is 10.2 Å². The summed E-state index contributed by atoms with van der Waals surface area (Å²) in [6, 6.07) is 9.09. The number of nitrogens with zero attached hydrogens (tertiary/aromatic N) is 2. The molecule has 0 atom stereocenters. The maximum absolute atomic E-state index is 12.0. The fraction of sp³-hybridized carbons (Fsp3) is 0.412. The van der Waals surface area contributed by atoms with Crippen molar-refractivity contribution in [3.63, 3.8) is 0 Å². The van der Waals surface area contributed by atoms with Gasteiger partial charge in [-0.15, -0.1) is 0 Å². The van der Waals surface area contributed by atoms with Crippen LogP contribution < -0.4 is 10.7 Å². The number of carbonyl (C=O) groups excluding carboxylic acids is 3. The fourth-order valence-corrected chi connectivity index (χ4v) is 2.40. The second-order valence-corrected chi connectivity index (χ2v) is 6.07. The fourth-order valence-electron chi connectivity index (χ4n) is 2.40. The Morgan fingerprint density at radius 3 is 2.46 bits per heavy atom. The third-order valence-electron chi connectivity index (χ3n) is 3.76. The normalized spacial score (nSPS) is 17.0. The van der Waals surface area contributed by atoms with Crippen LogP contribution in [0.1, 0.15) is 39.2 Å². The van der Waals surface area contributed by atoms with Crippen molar-refractivity contribution in [2.24, 2.45) is 5.10 Å². The van der Waals surface area contributed by atoms with E-state index in [2.05, 4.69) is 15.8 Å². The van der Waals surface area contributed by atoms with Crippen LogP contribution in [0, 0.1) is 0 Å². The van der Waals surface area contributed by atoms with Gasteiger partial charge in [0.05, 0.1) is 5.71 Å². The van der Waals surface area contributed by atoms with Gasteiger partial charge in [0, 0.05) is 13.0 Å². The summed E-state index contributed by atoms with van der Waals surface area (Å²) in [5.74, 6) is -0.676. The SMILES string of the molecule is CC/C(=N/NC(=O)CCN1C(=O)NC(C)(C)C1=O)c1ccccc1. The van der Waals surface area contributed by atoms with Crippen LogP contribution in [0.3, 0.4) is 0 Å². The second kappa shape index (κ2) is 7.25. The third kappa shape index (κ3) is 3.98. The highest BCUT2D eigenvalue weighted by atomic mass is 16.2. The molecule has 1 fully saturated rings. The molecule has 24 heavy (non-hydrogen) atoms. The predicted octanol–water partition coefficient (Wildman–Crippen LogP) is 1.64. The van der Waals surface area contributed by atoms with Gasteiger partial charge in [0.25, 0.3) is 5.91 Å². The molecule has 7 nitrogen and oxygen atoms in total. The van der Waals surface area contributed by atoms with Crippen molar-refractivity contribution in [1.29, 1.82) is 0 Å². The molecule has 1 saturated heterocycles. The van der Waals surface area contributed by atoms with E-state index in [1.54, 1.807) is 13.8 Å². The topological polar surface area (TPSA) is 90.9 Å². The van der Waals surface area contributed by atoms with E-state index in [1.807, 2.05) is 37.3 Å². The largest absolute Gasteiger partial charge is 0.325 e. The average molecular weight is 330 g/mol. The minimum absolute atomic E-state index is 0.00449. The first kappa shape index (κ1) is 17.7. The molecule has 0 aromatic heterocycles. The molecule has 0 bridgehead atoms. The molecule has 2 rings (SSSR count). The van der Waals surface area contributed by atoms with Gasteiger partial charge in [-0.1, -0.05) is 37.3 Å². The van der Waals surface area contributed by atoms with Crippen molar-refractivity contribution in [2.75, 3.05) is 6.54 Å². The number of hydrogen-bond acceptors (Lipinski definition) is 4. The Kier molecular flexibility index (Phi) is 5.33. The van der Waals surface area contributed by atoms with E-state index in [-0.39, 0.29) is 24.8 Å². The smallest absolute Gasteiger partial charge is 0.324 e.